The van der Waals surface area contributed by atoms with Gasteiger partial charge in [-0.25, -0.2) is 0 Å². The third kappa shape index (κ3) is 0.916. The molecular weight excluding hydrogens is 148 g/mol. The second kappa shape index (κ2) is 2.34. The first kappa shape index (κ1) is 7.35. The van der Waals surface area contributed by atoms with E-state index in [1.807, 2.05) is 0 Å². The van der Waals surface area contributed by atoms with Crippen molar-refractivity contribution >= 4 is 5.84 Å². The number of fused-ring (bicyclic) bond motifs is 1. The maximum Gasteiger partial charge on any atom is 0.126 e. The van der Waals surface area contributed by atoms with Crippen LogP contribution >= 0.6 is 0 Å². The molecular formula is C10H12N2. The van der Waals surface area contributed by atoms with Crippen molar-refractivity contribution in [2.75, 3.05) is 0 Å². The molecule has 62 valence electrons. The van der Waals surface area contributed by atoms with Crippen LogP contribution in [0.5, 0.6) is 0 Å². The second-order valence-corrected chi connectivity index (χ2v) is 3.30. The van der Waals surface area contributed by atoms with Crippen molar-refractivity contribution in [3.63, 3.8) is 0 Å². The lowest BCUT2D eigenvalue weighted by Gasteiger charge is -2.04. The predicted molar refractivity (Wildman–Crippen MR) is 50.3 cm³/mol. The number of aryl methyl sites for hydroxylation is 2. The zero-order valence-corrected chi connectivity index (χ0v) is 7.39. The lowest BCUT2D eigenvalue weighted by Crippen LogP contribution is -2.10. The van der Waals surface area contributed by atoms with E-state index in [1.54, 1.807) is 0 Å². The summed E-state index contributed by atoms with van der Waals surface area (Å²) in [7, 11) is 0. The molecule has 2 heteroatoms. The fraction of sp³-hybridized carbons (Fsp3) is 0.300. The van der Waals surface area contributed by atoms with E-state index < -0.39 is 0 Å². The van der Waals surface area contributed by atoms with Crippen molar-refractivity contribution in [2.45, 2.75) is 20.4 Å². The van der Waals surface area contributed by atoms with E-state index >= 15 is 0 Å². The van der Waals surface area contributed by atoms with Gasteiger partial charge < -0.3 is 5.73 Å². The Morgan fingerprint density at radius 3 is 2.67 bits per heavy atom. The van der Waals surface area contributed by atoms with E-state index in [4.69, 9.17) is 5.73 Å². The third-order valence-corrected chi connectivity index (χ3v) is 2.42. The number of nitrogens with zero attached hydrogens (tertiary/aromatic N) is 1. The van der Waals surface area contributed by atoms with Crippen LogP contribution in [0.2, 0.25) is 0 Å². The second-order valence-electron chi connectivity index (χ2n) is 3.30. The largest absolute Gasteiger partial charge is 0.383 e. The molecule has 1 aromatic rings. The maximum absolute atomic E-state index is 5.72. The van der Waals surface area contributed by atoms with Crippen LogP contribution in [-0.4, -0.2) is 5.84 Å². The van der Waals surface area contributed by atoms with E-state index in [1.165, 1.54) is 16.7 Å². The fourth-order valence-corrected chi connectivity index (χ4v) is 1.50. The van der Waals surface area contributed by atoms with Gasteiger partial charge in [0.25, 0.3) is 0 Å². The highest BCUT2D eigenvalue weighted by Crippen LogP contribution is 2.20. The van der Waals surface area contributed by atoms with Crippen molar-refractivity contribution in [1.82, 2.24) is 0 Å². The molecule has 0 fully saturated rings. The van der Waals surface area contributed by atoms with Gasteiger partial charge in [0.1, 0.15) is 5.84 Å². The van der Waals surface area contributed by atoms with Crippen LogP contribution in [0.1, 0.15) is 22.3 Å². The Kier molecular flexibility index (Phi) is 1.43. The average molecular weight is 160 g/mol. The van der Waals surface area contributed by atoms with Crippen molar-refractivity contribution in [2.24, 2.45) is 10.7 Å². The molecule has 2 N–H and O–H groups in total. The smallest absolute Gasteiger partial charge is 0.126 e. The lowest BCUT2D eigenvalue weighted by molar-refractivity contribution is 1.10. The van der Waals surface area contributed by atoms with Gasteiger partial charge in [-0.3, -0.25) is 4.99 Å². The van der Waals surface area contributed by atoms with Gasteiger partial charge in [-0.05, 0) is 36.6 Å². The fourth-order valence-electron chi connectivity index (χ4n) is 1.50. The number of hydrogen-bond donors (Lipinski definition) is 1. The molecule has 12 heavy (non-hydrogen) atoms. The Hall–Kier alpha value is -1.31. The topological polar surface area (TPSA) is 38.4 Å². The minimum Gasteiger partial charge on any atom is -0.383 e. The van der Waals surface area contributed by atoms with Crippen LogP contribution < -0.4 is 5.73 Å². The third-order valence-electron chi connectivity index (χ3n) is 2.42. The Bertz CT molecular complexity index is 364. The molecule has 0 spiro atoms. The summed E-state index contributed by atoms with van der Waals surface area (Å²) < 4.78 is 0. The zero-order valence-electron chi connectivity index (χ0n) is 7.39. The Labute approximate surface area is 72.1 Å². The first-order valence-electron chi connectivity index (χ1n) is 4.09. The summed E-state index contributed by atoms with van der Waals surface area (Å²) in [4.78, 5) is 4.18. The highest BCUT2D eigenvalue weighted by atomic mass is 14.9. The molecule has 1 aromatic carbocycles. The van der Waals surface area contributed by atoms with E-state index in [2.05, 4.69) is 31.0 Å². The molecule has 0 unspecified atom stereocenters. The summed E-state index contributed by atoms with van der Waals surface area (Å²) in [5.41, 5.74) is 10.7. The summed E-state index contributed by atoms with van der Waals surface area (Å²) in [6.45, 7) is 4.97. The number of rotatable bonds is 0. The molecule has 1 aliphatic rings. The Morgan fingerprint density at radius 1 is 1.25 bits per heavy atom. The molecule has 2 rings (SSSR count). The Morgan fingerprint density at radius 2 is 1.92 bits per heavy atom. The molecule has 2 nitrogen and oxygen atoms in total. The minimum absolute atomic E-state index is 0.688. The summed E-state index contributed by atoms with van der Waals surface area (Å²) in [5, 5.41) is 0. The SMILES string of the molecule is Cc1cc2c(cc1C)C(N)=NC2. The van der Waals surface area contributed by atoms with Gasteiger partial charge in [0.2, 0.25) is 0 Å². The quantitative estimate of drug-likeness (QED) is 0.614. The van der Waals surface area contributed by atoms with Crippen molar-refractivity contribution in [3.8, 4) is 0 Å². The summed E-state index contributed by atoms with van der Waals surface area (Å²) in [6, 6.07) is 4.30. The van der Waals surface area contributed by atoms with Gasteiger partial charge in [0.05, 0.1) is 6.54 Å². The van der Waals surface area contributed by atoms with Crippen LogP contribution in [0, 0.1) is 13.8 Å². The van der Waals surface area contributed by atoms with Gasteiger partial charge in [0, 0.05) is 5.56 Å². The van der Waals surface area contributed by atoms with Crippen molar-refractivity contribution < 1.29 is 0 Å². The van der Waals surface area contributed by atoms with E-state index in [0.29, 0.717) is 5.84 Å². The highest BCUT2D eigenvalue weighted by Gasteiger charge is 2.13. The van der Waals surface area contributed by atoms with Crippen LogP contribution in [0.4, 0.5) is 0 Å². The van der Waals surface area contributed by atoms with Gasteiger partial charge in [0.15, 0.2) is 0 Å². The maximum atomic E-state index is 5.72. The van der Waals surface area contributed by atoms with Crippen molar-refractivity contribution in [3.05, 3.63) is 34.4 Å². The number of amidine groups is 1. The normalized spacial score (nSPS) is 14.3. The first-order chi connectivity index (χ1) is 5.68. The molecule has 0 bridgehead atoms. The molecule has 0 radical (unpaired) electrons. The van der Waals surface area contributed by atoms with Crippen LogP contribution in [0.3, 0.4) is 0 Å². The minimum atomic E-state index is 0.688. The molecule has 0 saturated heterocycles. The van der Waals surface area contributed by atoms with Gasteiger partial charge >= 0.3 is 0 Å². The van der Waals surface area contributed by atoms with Gasteiger partial charge in [-0.2, -0.15) is 0 Å². The zero-order chi connectivity index (χ0) is 8.72. The molecule has 0 aliphatic carbocycles. The first-order valence-corrected chi connectivity index (χ1v) is 4.09. The predicted octanol–water partition coefficient (Wildman–Crippen LogP) is 1.52. The van der Waals surface area contributed by atoms with Crippen molar-refractivity contribution in [1.29, 1.82) is 0 Å². The van der Waals surface area contributed by atoms with Crippen LogP contribution in [0.15, 0.2) is 17.1 Å². The van der Waals surface area contributed by atoms with Gasteiger partial charge in [-0.1, -0.05) is 6.07 Å². The summed E-state index contributed by atoms with van der Waals surface area (Å²) >= 11 is 0. The molecule has 1 aliphatic heterocycles. The van der Waals surface area contributed by atoms with E-state index in [-0.39, 0.29) is 0 Å². The Balaban J connectivity index is 2.63. The summed E-state index contributed by atoms with van der Waals surface area (Å²) in [5.74, 6) is 0.688. The van der Waals surface area contributed by atoms with E-state index in [9.17, 15) is 0 Å². The number of hydrogen-bond acceptors (Lipinski definition) is 2. The average Bonchev–Trinajstić information content (AvgIpc) is 2.35. The molecule has 0 saturated carbocycles. The molecule has 1 heterocycles. The summed E-state index contributed by atoms with van der Waals surface area (Å²) in [6.07, 6.45) is 0. The molecule has 0 amide bonds. The number of nitrogens with two attached hydrogens (primary N) is 1. The van der Waals surface area contributed by atoms with Crippen LogP contribution in [-0.2, 0) is 6.54 Å². The lowest BCUT2D eigenvalue weighted by atomic mass is 10.0. The number of aliphatic imine (C=N–C) groups is 1. The highest BCUT2D eigenvalue weighted by molar-refractivity contribution is 6.01. The van der Waals surface area contributed by atoms with E-state index in [0.717, 1.165) is 12.1 Å². The van der Waals surface area contributed by atoms with Gasteiger partial charge in [-0.15, -0.1) is 0 Å². The number of benzene rings is 1. The molecule has 0 aromatic heterocycles. The monoisotopic (exact) mass is 160 g/mol. The standard InChI is InChI=1S/C10H12N2/c1-6-3-8-5-12-10(11)9(8)4-7(6)2/h3-4H,5H2,1-2H3,(H2,11,12). The van der Waals surface area contributed by atoms with Crippen LogP contribution in [0.25, 0.3) is 0 Å². The molecule has 0 atom stereocenters.